The van der Waals surface area contributed by atoms with Crippen LogP contribution in [0.25, 0.3) is 11.1 Å². The van der Waals surface area contributed by atoms with Gasteiger partial charge >= 0.3 is 0 Å². The Morgan fingerprint density at radius 2 is 1.50 bits per heavy atom. The molecule has 0 radical (unpaired) electrons. The van der Waals surface area contributed by atoms with E-state index in [0.717, 1.165) is 122 Å². The Morgan fingerprint density at radius 1 is 0.796 bits per heavy atom. The maximum atomic E-state index is 9.83. The molecule has 2 N–H and O–H groups in total. The Hall–Kier alpha value is -4.20. The first kappa shape index (κ1) is 39.5. The molecule has 2 fully saturated rings. The van der Waals surface area contributed by atoms with Crippen molar-refractivity contribution < 1.29 is 24.4 Å². The zero-order chi connectivity index (χ0) is 37.9. The van der Waals surface area contributed by atoms with Crippen molar-refractivity contribution in [2.75, 3.05) is 65.7 Å². The summed E-state index contributed by atoms with van der Waals surface area (Å²) < 4.78 is 19.4. The van der Waals surface area contributed by atoms with Crippen molar-refractivity contribution in [2.24, 2.45) is 22.7 Å². The number of aryl methyl sites for hydroxylation is 1. The number of nitriles is 1. The summed E-state index contributed by atoms with van der Waals surface area (Å²) in [6, 6.07) is 19.2. The highest BCUT2D eigenvalue weighted by molar-refractivity contribution is 5.80. The number of hydrogen-bond acceptors (Lipinski definition) is 9. The molecule has 0 aromatic heterocycles. The van der Waals surface area contributed by atoms with Gasteiger partial charge in [0.1, 0.15) is 30.5 Å². The van der Waals surface area contributed by atoms with Gasteiger partial charge in [0.25, 0.3) is 0 Å². The summed E-state index contributed by atoms with van der Waals surface area (Å²) in [4.78, 5) is 9.23. The first-order valence-corrected chi connectivity index (χ1v) is 19.8. The Morgan fingerprint density at radius 3 is 2.26 bits per heavy atom. The summed E-state index contributed by atoms with van der Waals surface area (Å²) >= 11 is 0. The molecule has 2 saturated heterocycles. The fraction of sp³-hybridized carbons (Fsp3) is 0.511. The second-order valence-electron chi connectivity index (χ2n) is 15.4. The van der Waals surface area contributed by atoms with Crippen LogP contribution >= 0.6 is 0 Å². The lowest BCUT2D eigenvalue weighted by molar-refractivity contribution is 0.115. The molecule has 0 aliphatic carbocycles. The zero-order valence-electron chi connectivity index (χ0n) is 32.4. The fourth-order valence-electron chi connectivity index (χ4n) is 8.11. The summed E-state index contributed by atoms with van der Waals surface area (Å²) in [5.74, 6) is 2.92. The number of rotatable bonds is 16. The van der Waals surface area contributed by atoms with Gasteiger partial charge in [0.15, 0.2) is 0 Å². The second kappa shape index (κ2) is 19.4. The van der Waals surface area contributed by atoms with Crippen LogP contribution in [0.4, 0.5) is 0 Å². The van der Waals surface area contributed by atoms with E-state index in [-0.39, 0.29) is 19.1 Å². The number of ether oxygens (including phenoxy) is 3. The molecule has 54 heavy (non-hydrogen) atoms. The van der Waals surface area contributed by atoms with E-state index in [1.54, 1.807) is 6.21 Å². The lowest BCUT2D eigenvalue weighted by Gasteiger charge is -2.32. The first-order chi connectivity index (χ1) is 26.3. The molecule has 3 aromatic rings. The Balaban J connectivity index is 1.14. The molecular weight excluding hydrogens is 677 g/mol. The quantitative estimate of drug-likeness (QED) is 0.151. The molecule has 3 aliphatic heterocycles. The molecule has 3 heterocycles. The van der Waals surface area contributed by atoms with Gasteiger partial charge in [0.05, 0.1) is 25.1 Å². The molecule has 6 rings (SSSR count). The van der Waals surface area contributed by atoms with Crippen LogP contribution in [0.2, 0.25) is 0 Å². The Labute approximate surface area is 321 Å². The highest BCUT2D eigenvalue weighted by atomic mass is 16.5. The summed E-state index contributed by atoms with van der Waals surface area (Å²) in [5.41, 5.74) is 8.76. The second-order valence-corrected chi connectivity index (χ2v) is 15.4. The van der Waals surface area contributed by atoms with Crippen LogP contribution in [0.1, 0.15) is 59.9 Å². The number of benzene rings is 3. The normalized spacial score (nSPS) is 20.7. The number of piperidine rings is 2. The van der Waals surface area contributed by atoms with Gasteiger partial charge in [0, 0.05) is 62.8 Å². The van der Waals surface area contributed by atoms with Crippen LogP contribution in [0.5, 0.6) is 17.2 Å². The van der Waals surface area contributed by atoms with Gasteiger partial charge in [-0.2, -0.15) is 5.26 Å². The van der Waals surface area contributed by atoms with Crippen LogP contribution in [-0.2, 0) is 13.2 Å². The number of dihydropyridines is 1. The lowest BCUT2D eigenvalue weighted by atomic mass is 9.93. The molecule has 3 atom stereocenters. The van der Waals surface area contributed by atoms with Crippen molar-refractivity contribution in [3.63, 3.8) is 0 Å². The Kier molecular flexibility index (Phi) is 14.2. The summed E-state index contributed by atoms with van der Waals surface area (Å²) in [6.45, 7) is 14.4. The van der Waals surface area contributed by atoms with Crippen LogP contribution < -0.4 is 14.2 Å². The van der Waals surface area contributed by atoms with Gasteiger partial charge in [-0.15, -0.1) is 0 Å². The molecule has 3 unspecified atom stereocenters. The molecule has 9 nitrogen and oxygen atoms in total. The predicted molar refractivity (Wildman–Crippen MR) is 214 cm³/mol. The van der Waals surface area contributed by atoms with Gasteiger partial charge in [-0.25, -0.2) is 0 Å². The zero-order valence-corrected chi connectivity index (χ0v) is 32.4. The third-order valence-corrected chi connectivity index (χ3v) is 11.3. The molecule has 3 aromatic carbocycles. The third-order valence-electron chi connectivity index (χ3n) is 11.3. The highest BCUT2D eigenvalue weighted by Gasteiger charge is 2.22. The standard InChI is InChI=1S/C45H58N4O5/c1-32-19-40(27-49-16-7-10-36(26-49)29-51)45(53-30-38-20-37(22-46)23-47-24-38)21-44(32)54-31-39-11-4-12-41(33(39)2)42-13-5-14-43(34(42)3)52-18-8-17-48-15-6-9-35(25-48)28-50/h4-5,11-14,19-21,24,35-37,50-51H,6-10,15-18,23,25-31H2,1-3H3. The summed E-state index contributed by atoms with van der Waals surface area (Å²) in [6.07, 6.45) is 9.11. The van der Waals surface area contributed by atoms with E-state index in [4.69, 9.17) is 14.2 Å². The van der Waals surface area contributed by atoms with E-state index >= 15 is 0 Å². The molecule has 288 valence electrons. The average Bonchev–Trinajstić information content (AvgIpc) is 3.20. The number of aliphatic imine (C=N–C) groups is 1. The minimum Gasteiger partial charge on any atom is -0.493 e. The van der Waals surface area contributed by atoms with Crippen molar-refractivity contribution in [2.45, 2.75) is 66.0 Å². The minimum absolute atomic E-state index is 0.213. The summed E-state index contributed by atoms with van der Waals surface area (Å²) in [5, 5.41) is 28.8. The van der Waals surface area contributed by atoms with E-state index < -0.39 is 0 Å². The van der Waals surface area contributed by atoms with Crippen LogP contribution in [0, 0.1) is 49.9 Å². The Bertz CT molecular complexity index is 1820. The van der Waals surface area contributed by atoms with E-state index in [1.165, 1.54) is 11.1 Å². The van der Waals surface area contributed by atoms with Crippen LogP contribution in [0.3, 0.4) is 0 Å². The maximum absolute atomic E-state index is 9.83. The van der Waals surface area contributed by atoms with E-state index in [2.05, 4.69) is 84.1 Å². The minimum atomic E-state index is -0.233. The lowest BCUT2D eigenvalue weighted by Crippen LogP contribution is -2.37. The number of hydrogen-bond donors (Lipinski definition) is 2. The van der Waals surface area contributed by atoms with Crippen molar-refractivity contribution in [1.82, 2.24) is 9.80 Å². The maximum Gasteiger partial charge on any atom is 0.128 e. The van der Waals surface area contributed by atoms with Gasteiger partial charge < -0.3 is 29.3 Å². The fourth-order valence-corrected chi connectivity index (χ4v) is 8.11. The molecule has 0 amide bonds. The van der Waals surface area contributed by atoms with Crippen molar-refractivity contribution >= 4 is 6.21 Å². The van der Waals surface area contributed by atoms with Gasteiger partial charge in [0.2, 0.25) is 0 Å². The number of aliphatic hydroxyl groups is 2. The number of likely N-dealkylation sites (tertiary alicyclic amines) is 2. The SMILES string of the molecule is Cc1cc(CN2CCCC(CO)C2)c(OCC2=CC(C#N)CN=C2)cc1OCc1cccc(-c2cccc(OCCCN3CCCC(CO)C3)c2C)c1C. The molecule has 9 heteroatoms. The van der Waals surface area contributed by atoms with Crippen LogP contribution in [-0.4, -0.2) is 91.9 Å². The predicted octanol–water partition coefficient (Wildman–Crippen LogP) is 7.06. The smallest absolute Gasteiger partial charge is 0.128 e. The van der Waals surface area contributed by atoms with E-state index in [0.29, 0.717) is 38.2 Å². The van der Waals surface area contributed by atoms with Crippen molar-refractivity contribution in [1.29, 1.82) is 5.26 Å². The van der Waals surface area contributed by atoms with Gasteiger partial charge in [-0.1, -0.05) is 36.4 Å². The summed E-state index contributed by atoms with van der Waals surface area (Å²) in [7, 11) is 0. The molecule has 0 bridgehead atoms. The first-order valence-electron chi connectivity index (χ1n) is 19.8. The number of nitrogens with zero attached hydrogens (tertiary/aromatic N) is 4. The van der Waals surface area contributed by atoms with Crippen molar-refractivity contribution in [3.8, 4) is 34.4 Å². The molecular formula is C45H58N4O5. The molecule has 0 saturated carbocycles. The molecule has 0 spiro atoms. The van der Waals surface area contributed by atoms with Gasteiger partial charge in [-0.05, 0) is 123 Å². The highest BCUT2D eigenvalue weighted by Crippen LogP contribution is 2.35. The monoisotopic (exact) mass is 734 g/mol. The topological polar surface area (TPSA) is 111 Å². The van der Waals surface area contributed by atoms with E-state index in [1.807, 2.05) is 12.1 Å². The van der Waals surface area contributed by atoms with Crippen LogP contribution in [0.15, 0.2) is 65.2 Å². The number of aliphatic hydroxyl groups excluding tert-OH is 2. The molecule has 3 aliphatic rings. The van der Waals surface area contributed by atoms with Crippen molar-refractivity contribution in [3.05, 3.63) is 88.0 Å². The van der Waals surface area contributed by atoms with Gasteiger partial charge in [-0.3, -0.25) is 9.89 Å². The van der Waals surface area contributed by atoms with E-state index in [9.17, 15) is 15.5 Å². The largest absolute Gasteiger partial charge is 0.493 e. The average molecular weight is 735 g/mol. The third kappa shape index (κ3) is 10.3.